The van der Waals surface area contributed by atoms with Crippen molar-refractivity contribution < 1.29 is 4.74 Å². The smallest absolute Gasteiger partial charge is 0.120 e. The summed E-state index contributed by atoms with van der Waals surface area (Å²) in [6.45, 7) is 6.71. The molecular formula is C12H17NO. The van der Waals surface area contributed by atoms with Gasteiger partial charge in [-0.25, -0.2) is 0 Å². The molecule has 1 aliphatic rings. The number of benzene rings is 1. The summed E-state index contributed by atoms with van der Waals surface area (Å²) in [6.07, 6.45) is 0. The Morgan fingerprint density at radius 1 is 1.36 bits per heavy atom. The molecule has 2 heteroatoms. The minimum Gasteiger partial charge on any atom is -0.497 e. The Bertz CT molecular complexity index is 357. The van der Waals surface area contributed by atoms with Crippen LogP contribution in [-0.4, -0.2) is 12.6 Å². The predicted octanol–water partition coefficient (Wildman–Crippen LogP) is 3.00. The maximum atomic E-state index is 5.20. The highest BCUT2D eigenvalue weighted by Gasteiger charge is 2.35. The van der Waals surface area contributed by atoms with E-state index in [1.165, 1.54) is 11.3 Å². The molecular weight excluding hydrogens is 174 g/mol. The number of hydrogen-bond donors (Lipinski definition) is 1. The number of ether oxygens (including phenoxy) is 1. The van der Waals surface area contributed by atoms with Crippen molar-refractivity contribution in [2.75, 3.05) is 12.4 Å². The topological polar surface area (TPSA) is 21.3 Å². The maximum absolute atomic E-state index is 5.20. The van der Waals surface area contributed by atoms with Gasteiger partial charge in [0.2, 0.25) is 0 Å². The fourth-order valence-corrected chi connectivity index (χ4v) is 1.99. The van der Waals surface area contributed by atoms with Crippen LogP contribution in [0.2, 0.25) is 0 Å². The van der Waals surface area contributed by atoms with Gasteiger partial charge in [-0.1, -0.05) is 13.0 Å². The molecule has 0 aliphatic carbocycles. The Kier molecular flexibility index (Phi) is 1.95. The first-order valence-corrected chi connectivity index (χ1v) is 5.01. The van der Waals surface area contributed by atoms with E-state index in [4.69, 9.17) is 4.74 Å². The number of nitrogens with one attached hydrogen (secondary N) is 1. The lowest BCUT2D eigenvalue weighted by Crippen LogP contribution is -2.30. The highest BCUT2D eigenvalue weighted by atomic mass is 16.5. The van der Waals surface area contributed by atoms with Gasteiger partial charge in [-0.3, -0.25) is 0 Å². The maximum Gasteiger partial charge on any atom is 0.120 e. The molecule has 1 atom stereocenters. The van der Waals surface area contributed by atoms with Gasteiger partial charge in [-0.05, 0) is 25.5 Å². The van der Waals surface area contributed by atoms with E-state index >= 15 is 0 Å². The molecule has 0 radical (unpaired) electrons. The average molecular weight is 191 g/mol. The molecule has 1 aromatic carbocycles. The van der Waals surface area contributed by atoms with Crippen LogP contribution >= 0.6 is 0 Å². The van der Waals surface area contributed by atoms with Crippen LogP contribution < -0.4 is 10.1 Å². The lowest BCUT2D eigenvalue weighted by Gasteiger charge is -2.24. The molecule has 0 spiro atoms. The number of rotatable bonds is 1. The number of fused-ring (bicyclic) bond motifs is 1. The summed E-state index contributed by atoms with van der Waals surface area (Å²) in [5.41, 5.74) is 2.74. The van der Waals surface area contributed by atoms with Gasteiger partial charge in [0.15, 0.2) is 0 Å². The van der Waals surface area contributed by atoms with E-state index in [-0.39, 0.29) is 5.54 Å². The van der Waals surface area contributed by atoms with Crippen molar-refractivity contribution in [2.24, 2.45) is 0 Å². The largest absolute Gasteiger partial charge is 0.497 e. The van der Waals surface area contributed by atoms with Crippen LogP contribution in [0.5, 0.6) is 5.75 Å². The van der Waals surface area contributed by atoms with Crippen molar-refractivity contribution in [3.63, 3.8) is 0 Å². The van der Waals surface area contributed by atoms with Crippen molar-refractivity contribution in [1.82, 2.24) is 0 Å². The zero-order chi connectivity index (χ0) is 10.3. The first-order valence-electron chi connectivity index (χ1n) is 5.01. The predicted molar refractivity (Wildman–Crippen MR) is 59.1 cm³/mol. The van der Waals surface area contributed by atoms with Gasteiger partial charge in [0.05, 0.1) is 7.11 Å². The Morgan fingerprint density at radius 2 is 2.07 bits per heavy atom. The normalized spacial score (nSPS) is 22.7. The lowest BCUT2D eigenvalue weighted by atomic mass is 9.88. The SMILES string of the molecule is COc1ccc2c(c1)NC(C)(C)C2C. The van der Waals surface area contributed by atoms with Crippen molar-refractivity contribution >= 4 is 5.69 Å². The molecule has 2 rings (SSSR count). The van der Waals surface area contributed by atoms with Crippen LogP contribution in [0.1, 0.15) is 32.3 Å². The van der Waals surface area contributed by atoms with Crippen LogP contribution in [0.3, 0.4) is 0 Å². The van der Waals surface area contributed by atoms with E-state index in [0.717, 1.165) is 5.75 Å². The summed E-state index contributed by atoms with van der Waals surface area (Å²) in [7, 11) is 1.70. The second kappa shape index (κ2) is 2.91. The van der Waals surface area contributed by atoms with Gasteiger partial charge < -0.3 is 10.1 Å². The van der Waals surface area contributed by atoms with E-state index in [1.807, 2.05) is 6.07 Å². The zero-order valence-corrected chi connectivity index (χ0v) is 9.22. The standard InChI is InChI=1S/C12H17NO/c1-8-10-6-5-9(14-4)7-11(10)13-12(8,2)3/h5-8,13H,1-4H3. The fraction of sp³-hybridized carbons (Fsp3) is 0.500. The highest BCUT2D eigenvalue weighted by molar-refractivity contribution is 5.63. The summed E-state index contributed by atoms with van der Waals surface area (Å²) in [6, 6.07) is 6.25. The summed E-state index contributed by atoms with van der Waals surface area (Å²) < 4.78 is 5.20. The van der Waals surface area contributed by atoms with Crippen LogP contribution in [0, 0.1) is 0 Å². The van der Waals surface area contributed by atoms with Crippen molar-refractivity contribution in [3.05, 3.63) is 23.8 Å². The van der Waals surface area contributed by atoms with Gasteiger partial charge >= 0.3 is 0 Å². The molecule has 0 fully saturated rings. The summed E-state index contributed by atoms with van der Waals surface area (Å²) in [5.74, 6) is 1.46. The van der Waals surface area contributed by atoms with E-state index in [9.17, 15) is 0 Å². The molecule has 2 nitrogen and oxygen atoms in total. The van der Waals surface area contributed by atoms with E-state index in [1.54, 1.807) is 7.11 Å². The molecule has 1 unspecified atom stereocenters. The summed E-state index contributed by atoms with van der Waals surface area (Å²) in [4.78, 5) is 0. The van der Waals surface area contributed by atoms with Crippen LogP contribution in [0.25, 0.3) is 0 Å². The molecule has 0 amide bonds. The van der Waals surface area contributed by atoms with Crippen molar-refractivity contribution in [3.8, 4) is 5.75 Å². The third-order valence-corrected chi connectivity index (χ3v) is 3.27. The van der Waals surface area contributed by atoms with E-state index < -0.39 is 0 Å². The zero-order valence-electron chi connectivity index (χ0n) is 9.22. The summed E-state index contributed by atoms with van der Waals surface area (Å²) >= 11 is 0. The molecule has 1 N–H and O–H groups in total. The van der Waals surface area contributed by atoms with Crippen LogP contribution in [0.4, 0.5) is 5.69 Å². The summed E-state index contributed by atoms with van der Waals surface area (Å²) in [5, 5.41) is 3.52. The Labute approximate surface area is 85.3 Å². The van der Waals surface area contributed by atoms with E-state index in [0.29, 0.717) is 5.92 Å². The Balaban J connectivity index is 2.44. The Hall–Kier alpha value is -1.18. The highest BCUT2D eigenvalue weighted by Crippen LogP contribution is 2.43. The van der Waals surface area contributed by atoms with Gasteiger partial charge in [0.25, 0.3) is 0 Å². The van der Waals surface area contributed by atoms with E-state index in [2.05, 4.69) is 38.2 Å². The van der Waals surface area contributed by atoms with Gasteiger partial charge in [-0.2, -0.15) is 0 Å². The second-order valence-electron chi connectivity index (χ2n) is 4.52. The molecule has 1 aromatic rings. The first kappa shape index (κ1) is 9.38. The molecule has 0 saturated carbocycles. The fourth-order valence-electron chi connectivity index (χ4n) is 1.99. The molecule has 0 saturated heterocycles. The first-order chi connectivity index (χ1) is 6.54. The third kappa shape index (κ3) is 1.26. The number of methoxy groups -OCH3 is 1. The number of anilines is 1. The monoisotopic (exact) mass is 191 g/mol. The average Bonchev–Trinajstić information content (AvgIpc) is 2.37. The molecule has 1 heterocycles. The molecule has 14 heavy (non-hydrogen) atoms. The van der Waals surface area contributed by atoms with Crippen molar-refractivity contribution in [1.29, 1.82) is 0 Å². The van der Waals surface area contributed by atoms with Crippen molar-refractivity contribution in [2.45, 2.75) is 32.2 Å². The molecule has 1 aliphatic heterocycles. The molecule has 0 aromatic heterocycles. The Morgan fingerprint density at radius 3 is 2.71 bits per heavy atom. The number of hydrogen-bond acceptors (Lipinski definition) is 2. The van der Waals surface area contributed by atoms with Crippen LogP contribution in [-0.2, 0) is 0 Å². The van der Waals surface area contributed by atoms with Gasteiger partial charge in [-0.15, -0.1) is 0 Å². The lowest BCUT2D eigenvalue weighted by molar-refractivity contribution is 0.415. The molecule has 76 valence electrons. The quantitative estimate of drug-likeness (QED) is 0.736. The van der Waals surface area contributed by atoms with Gasteiger partial charge in [0, 0.05) is 23.2 Å². The minimum absolute atomic E-state index is 0.148. The second-order valence-corrected chi connectivity index (χ2v) is 4.52. The molecule has 0 bridgehead atoms. The van der Waals surface area contributed by atoms with Crippen LogP contribution in [0.15, 0.2) is 18.2 Å². The van der Waals surface area contributed by atoms with Gasteiger partial charge in [0.1, 0.15) is 5.75 Å². The minimum atomic E-state index is 0.148. The third-order valence-electron chi connectivity index (χ3n) is 3.27.